The molecule has 0 aliphatic heterocycles. The lowest BCUT2D eigenvalue weighted by Gasteiger charge is -2.20. The summed E-state index contributed by atoms with van der Waals surface area (Å²) in [5.41, 5.74) is 5.34. The molecule has 3 unspecified atom stereocenters. The topological polar surface area (TPSA) is 155 Å². The molecule has 300 valence electrons. The number of nitrogens with two attached hydrogens (primary N) is 1. The zero-order chi connectivity index (χ0) is 38.4. The molecule has 0 aromatic rings. The lowest BCUT2D eigenvalue weighted by atomic mass is 10.1. The van der Waals surface area contributed by atoms with E-state index in [1.165, 1.54) is 25.7 Å². The van der Waals surface area contributed by atoms with Gasteiger partial charge in [0.15, 0.2) is 0 Å². The number of phosphoric acid groups is 1. The first-order chi connectivity index (χ1) is 25.2. The number of ether oxygens (including phenoxy) is 2. The van der Waals surface area contributed by atoms with E-state index in [0.29, 0.717) is 13.0 Å². The normalized spacial score (nSPS) is 14.7. The minimum atomic E-state index is -4.62. The molecular formula is C41H72NO9P. The SMILES string of the molecule is CC/C=C\C/C=C\C/C=C\C/C=C\CCCCCCCCCOCC(COP(=O)(O)OCC(N)C(=O)O)OC(=O)CCCCCCC/C=C\CCC. The molecule has 0 aliphatic carbocycles. The van der Waals surface area contributed by atoms with Gasteiger partial charge >= 0.3 is 19.8 Å². The number of rotatable bonds is 37. The molecular weight excluding hydrogens is 681 g/mol. The van der Waals surface area contributed by atoms with E-state index >= 15 is 0 Å². The van der Waals surface area contributed by atoms with Crippen LogP contribution in [0.3, 0.4) is 0 Å². The molecule has 10 nitrogen and oxygen atoms in total. The third kappa shape index (κ3) is 36.0. The number of carboxylic acid groups (broad SMARTS) is 1. The Morgan fingerprint density at radius 2 is 1.12 bits per heavy atom. The number of phosphoric ester groups is 1. The number of carboxylic acids is 1. The summed E-state index contributed by atoms with van der Waals surface area (Å²) in [7, 11) is -4.62. The molecule has 0 amide bonds. The van der Waals surface area contributed by atoms with Crippen molar-refractivity contribution < 1.29 is 42.7 Å². The maximum Gasteiger partial charge on any atom is 0.472 e. The maximum absolute atomic E-state index is 12.5. The molecule has 0 aromatic carbocycles. The number of unbranched alkanes of at least 4 members (excludes halogenated alkanes) is 13. The summed E-state index contributed by atoms with van der Waals surface area (Å²) in [5, 5.41) is 8.87. The van der Waals surface area contributed by atoms with Gasteiger partial charge in [-0.1, -0.05) is 132 Å². The van der Waals surface area contributed by atoms with Crippen molar-refractivity contribution in [2.75, 3.05) is 26.4 Å². The van der Waals surface area contributed by atoms with E-state index in [4.69, 9.17) is 24.8 Å². The van der Waals surface area contributed by atoms with Crippen LogP contribution in [0.15, 0.2) is 60.8 Å². The van der Waals surface area contributed by atoms with E-state index < -0.39 is 45.1 Å². The molecule has 3 atom stereocenters. The van der Waals surface area contributed by atoms with E-state index in [9.17, 15) is 19.0 Å². The van der Waals surface area contributed by atoms with Gasteiger partial charge in [0.2, 0.25) is 0 Å². The molecule has 0 saturated carbocycles. The van der Waals surface area contributed by atoms with E-state index in [2.05, 4.69) is 79.1 Å². The van der Waals surface area contributed by atoms with Crippen molar-refractivity contribution in [3.05, 3.63) is 60.8 Å². The third-order valence-electron chi connectivity index (χ3n) is 8.01. The standard InChI is InChI=1S/C41H72NO9P/c1-3-5-7-9-11-13-15-16-17-18-19-20-21-22-23-24-26-28-30-32-34-48-35-38(36-49-52(46,47)50-37-39(42)41(44)45)51-40(43)33-31-29-27-25-14-12-10-8-6-4-2/h5,7-8,10-11,13,16-17,19-20,38-39H,3-4,6,9,12,14-15,18,21-37,42H2,1-2H3,(H,44,45)(H,46,47)/b7-5-,10-8-,13-11-,17-16-,20-19-. The smallest absolute Gasteiger partial charge is 0.472 e. The summed E-state index contributed by atoms with van der Waals surface area (Å²) < 4.78 is 33.2. The number of hydrogen-bond acceptors (Lipinski definition) is 8. The zero-order valence-corrected chi connectivity index (χ0v) is 33.3. The Kier molecular flexibility index (Phi) is 35.3. The molecule has 11 heteroatoms. The average molecular weight is 754 g/mol. The van der Waals surface area contributed by atoms with Gasteiger partial charge < -0.3 is 25.2 Å². The highest BCUT2D eigenvalue weighted by atomic mass is 31.2. The van der Waals surface area contributed by atoms with Gasteiger partial charge in [0.05, 0.1) is 19.8 Å². The Labute approximate surface area is 315 Å². The van der Waals surface area contributed by atoms with Gasteiger partial charge in [0, 0.05) is 13.0 Å². The highest BCUT2D eigenvalue weighted by Crippen LogP contribution is 2.43. The predicted molar refractivity (Wildman–Crippen MR) is 212 cm³/mol. The summed E-state index contributed by atoms with van der Waals surface area (Å²) in [6.07, 6.45) is 42.8. The van der Waals surface area contributed by atoms with Crippen molar-refractivity contribution in [3.63, 3.8) is 0 Å². The number of aliphatic carboxylic acids is 1. The summed E-state index contributed by atoms with van der Waals surface area (Å²) in [6, 6.07) is -1.48. The quantitative estimate of drug-likeness (QED) is 0.0242. The number of esters is 1. The van der Waals surface area contributed by atoms with Gasteiger partial charge in [-0.2, -0.15) is 0 Å². The van der Waals surface area contributed by atoms with Gasteiger partial charge in [-0.25, -0.2) is 4.57 Å². The van der Waals surface area contributed by atoms with E-state index in [-0.39, 0.29) is 13.0 Å². The largest absolute Gasteiger partial charge is 0.480 e. The fourth-order valence-electron chi connectivity index (χ4n) is 4.95. The van der Waals surface area contributed by atoms with Crippen LogP contribution in [0, 0.1) is 0 Å². The first-order valence-corrected chi connectivity index (χ1v) is 21.3. The van der Waals surface area contributed by atoms with Gasteiger partial charge in [-0.3, -0.25) is 18.6 Å². The van der Waals surface area contributed by atoms with E-state index in [1.807, 2.05) is 0 Å². The molecule has 0 fully saturated rings. The van der Waals surface area contributed by atoms with Gasteiger partial charge in [-0.15, -0.1) is 0 Å². The lowest BCUT2D eigenvalue weighted by Crippen LogP contribution is -2.34. The Morgan fingerprint density at radius 1 is 0.635 bits per heavy atom. The molecule has 4 N–H and O–H groups in total. The number of allylic oxidation sites excluding steroid dienone is 10. The van der Waals surface area contributed by atoms with Crippen LogP contribution in [0.1, 0.15) is 149 Å². The molecule has 52 heavy (non-hydrogen) atoms. The molecule has 0 rings (SSSR count). The Hall–Kier alpha value is -2.33. The van der Waals surface area contributed by atoms with Crippen LogP contribution in [-0.4, -0.2) is 60.5 Å². The first-order valence-electron chi connectivity index (χ1n) is 19.8. The van der Waals surface area contributed by atoms with Gasteiger partial charge in [-0.05, 0) is 70.6 Å². The average Bonchev–Trinajstić information content (AvgIpc) is 3.12. The Balaban J connectivity index is 4.25. The Bertz CT molecular complexity index is 1060. The van der Waals surface area contributed by atoms with Crippen molar-refractivity contribution in [1.82, 2.24) is 0 Å². The van der Waals surface area contributed by atoms with Crippen molar-refractivity contribution in [1.29, 1.82) is 0 Å². The molecule has 0 aliphatic rings. The maximum atomic E-state index is 12.5. The number of hydrogen-bond donors (Lipinski definition) is 3. The van der Waals surface area contributed by atoms with Crippen molar-refractivity contribution >= 4 is 19.8 Å². The van der Waals surface area contributed by atoms with Crippen molar-refractivity contribution in [2.24, 2.45) is 5.73 Å². The Morgan fingerprint density at radius 3 is 1.69 bits per heavy atom. The van der Waals surface area contributed by atoms with Gasteiger partial charge in [0.1, 0.15) is 12.1 Å². The predicted octanol–water partition coefficient (Wildman–Crippen LogP) is 10.5. The summed E-state index contributed by atoms with van der Waals surface area (Å²) >= 11 is 0. The fourth-order valence-corrected chi connectivity index (χ4v) is 5.73. The molecule has 0 radical (unpaired) electrons. The van der Waals surface area contributed by atoms with Crippen LogP contribution in [0.2, 0.25) is 0 Å². The lowest BCUT2D eigenvalue weighted by molar-refractivity contribution is -0.154. The summed E-state index contributed by atoms with van der Waals surface area (Å²) in [4.78, 5) is 33.4. The summed E-state index contributed by atoms with van der Waals surface area (Å²) in [6.45, 7) is 3.64. The monoisotopic (exact) mass is 753 g/mol. The van der Waals surface area contributed by atoms with Crippen LogP contribution in [-0.2, 0) is 32.7 Å². The van der Waals surface area contributed by atoms with Crippen LogP contribution < -0.4 is 5.73 Å². The van der Waals surface area contributed by atoms with Crippen LogP contribution >= 0.6 is 7.82 Å². The molecule has 0 aromatic heterocycles. The molecule has 0 saturated heterocycles. The molecule has 0 spiro atoms. The van der Waals surface area contributed by atoms with Crippen LogP contribution in [0.5, 0.6) is 0 Å². The van der Waals surface area contributed by atoms with E-state index in [1.54, 1.807) is 0 Å². The minimum Gasteiger partial charge on any atom is -0.480 e. The molecule has 0 heterocycles. The van der Waals surface area contributed by atoms with E-state index in [0.717, 1.165) is 96.3 Å². The van der Waals surface area contributed by atoms with Gasteiger partial charge in [0.25, 0.3) is 0 Å². The van der Waals surface area contributed by atoms with Crippen molar-refractivity contribution in [3.8, 4) is 0 Å². The summed E-state index contributed by atoms with van der Waals surface area (Å²) in [5.74, 6) is -1.80. The number of carbonyl (C=O) groups excluding carboxylic acids is 1. The highest BCUT2D eigenvalue weighted by Gasteiger charge is 2.27. The number of carbonyl (C=O) groups is 2. The second kappa shape index (κ2) is 37.0. The minimum absolute atomic E-state index is 0.00320. The molecule has 0 bridgehead atoms. The van der Waals surface area contributed by atoms with Crippen molar-refractivity contribution in [2.45, 2.75) is 161 Å². The second-order valence-corrected chi connectivity index (χ2v) is 14.5. The third-order valence-corrected chi connectivity index (χ3v) is 8.96. The van der Waals surface area contributed by atoms with Crippen LogP contribution in [0.4, 0.5) is 0 Å². The fraction of sp³-hybridized carbons (Fsp3) is 0.707. The second-order valence-electron chi connectivity index (χ2n) is 13.0. The van der Waals surface area contributed by atoms with Crippen LogP contribution in [0.25, 0.3) is 0 Å². The zero-order valence-electron chi connectivity index (χ0n) is 32.4. The first kappa shape index (κ1) is 49.7. The highest BCUT2D eigenvalue weighted by molar-refractivity contribution is 7.47.